The summed E-state index contributed by atoms with van der Waals surface area (Å²) >= 11 is 0. The minimum atomic E-state index is -0.785. The SMILES string of the molecule is CC(C(=O)O)N1CCN(C(=O)CCC2CCCCC2)CC1. The van der Waals surface area contributed by atoms with Crippen LogP contribution in [0.2, 0.25) is 0 Å². The smallest absolute Gasteiger partial charge is 0.320 e. The van der Waals surface area contributed by atoms with Gasteiger partial charge in [-0.05, 0) is 19.3 Å². The van der Waals surface area contributed by atoms with Crippen LogP contribution in [0, 0.1) is 5.92 Å². The molecule has 21 heavy (non-hydrogen) atoms. The van der Waals surface area contributed by atoms with Crippen molar-refractivity contribution in [1.82, 2.24) is 9.80 Å². The third-order valence-electron chi connectivity index (χ3n) is 5.06. The second-order valence-electron chi connectivity index (χ2n) is 6.47. The molecule has 1 aliphatic carbocycles. The lowest BCUT2D eigenvalue weighted by atomic mass is 9.86. The van der Waals surface area contributed by atoms with Crippen molar-refractivity contribution in [2.24, 2.45) is 5.92 Å². The molecule has 0 spiro atoms. The van der Waals surface area contributed by atoms with Gasteiger partial charge in [0.1, 0.15) is 6.04 Å². The van der Waals surface area contributed by atoms with E-state index in [9.17, 15) is 9.59 Å². The highest BCUT2D eigenvalue weighted by molar-refractivity contribution is 5.76. The molecular formula is C16H28N2O3. The molecule has 0 radical (unpaired) electrons. The lowest BCUT2D eigenvalue weighted by Gasteiger charge is -2.36. The molecule has 0 aromatic rings. The fourth-order valence-electron chi connectivity index (χ4n) is 3.48. The van der Waals surface area contributed by atoms with Crippen LogP contribution in [-0.2, 0) is 9.59 Å². The van der Waals surface area contributed by atoms with Crippen LogP contribution in [0.5, 0.6) is 0 Å². The molecule has 2 aliphatic rings. The maximum atomic E-state index is 12.2. The Balaban J connectivity index is 1.69. The standard InChI is InChI=1S/C16H28N2O3/c1-13(16(20)21)17-9-11-18(12-10-17)15(19)8-7-14-5-3-2-4-6-14/h13-14H,2-12H2,1H3,(H,20,21). The van der Waals surface area contributed by atoms with Crippen LogP contribution in [0.4, 0.5) is 0 Å². The molecule has 1 aliphatic heterocycles. The average molecular weight is 296 g/mol. The van der Waals surface area contributed by atoms with Gasteiger partial charge in [-0.25, -0.2) is 0 Å². The number of carboxylic acid groups (broad SMARTS) is 1. The van der Waals surface area contributed by atoms with Gasteiger partial charge in [0, 0.05) is 32.6 Å². The highest BCUT2D eigenvalue weighted by Crippen LogP contribution is 2.27. The zero-order chi connectivity index (χ0) is 15.2. The second kappa shape index (κ2) is 7.78. The zero-order valence-electron chi connectivity index (χ0n) is 13.1. The molecule has 1 amide bonds. The summed E-state index contributed by atoms with van der Waals surface area (Å²) in [5.41, 5.74) is 0. The first-order valence-corrected chi connectivity index (χ1v) is 8.32. The molecule has 1 atom stereocenters. The number of hydrogen-bond acceptors (Lipinski definition) is 3. The Hall–Kier alpha value is -1.10. The quantitative estimate of drug-likeness (QED) is 0.842. The maximum absolute atomic E-state index is 12.2. The number of carbonyl (C=O) groups is 2. The van der Waals surface area contributed by atoms with Crippen molar-refractivity contribution >= 4 is 11.9 Å². The van der Waals surface area contributed by atoms with Gasteiger partial charge < -0.3 is 10.0 Å². The van der Waals surface area contributed by atoms with Crippen LogP contribution in [0.1, 0.15) is 51.9 Å². The molecule has 0 bridgehead atoms. The highest BCUT2D eigenvalue weighted by Gasteiger charge is 2.27. The Morgan fingerprint density at radius 3 is 2.29 bits per heavy atom. The summed E-state index contributed by atoms with van der Waals surface area (Å²) in [5, 5.41) is 9.02. The van der Waals surface area contributed by atoms with E-state index in [-0.39, 0.29) is 5.91 Å². The Labute approximate surface area is 127 Å². The number of carbonyl (C=O) groups excluding carboxylic acids is 1. The molecule has 1 heterocycles. The number of hydrogen-bond donors (Lipinski definition) is 1. The summed E-state index contributed by atoms with van der Waals surface area (Å²) in [7, 11) is 0. The average Bonchev–Trinajstić information content (AvgIpc) is 2.53. The van der Waals surface area contributed by atoms with E-state index in [2.05, 4.69) is 0 Å². The Bertz CT molecular complexity index is 359. The molecule has 2 rings (SSSR count). The van der Waals surface area contributed by atoms with E-state index in [0.717, 1.165) is 12.3 Å². The fraction of sp³-hybridized carbons (Fsp3) is 0.875. The van der Waals surface area contributed by atoms with E-state index in [1.54, 1.807) is 6.92 Å². The van der Waals surface area contributed by atoms with E-state index in [1.807, 2.05) is 9.80 Å². The molecule has 120 valence electrons. The number of amides is 1. The van der Waals surface area contributed by atoms with Crippen molar-refractivity contribution in [3.05, 3.63) is 0 Å². The zero-order valence-corrected chi connectivity index (χ0v) is 13.1. The fourth-order valence-corrected chi connectivity index (χ4v) is 3.48. The normalized spacial score (nSPS) is 23.0. The monoisotopic (exact) mass is 296 g/mol. The second-order valence-corrected chi connectivity index (χ2v) is 6.47. The first-order chi connectivity index (χ1) is 10.1. The molecule has 0 aromatic heterocycles. The molecule has 1 saturated carbocycles. The van der Waals surface area contributed by atoms with Gasteiger partial charge in [0.25, 0.3) is 0 Å². The van der Waals surface area contributed by atoms with Crippen molar-refractivity contribution in [3.63, 3.8) is 0 Å². The van der Waals surface area contributed by atoms with Crippen LogP contribution < -0.4 is 0 Å². The minimum absolute atomic E-state index is 0.253. The van der Waals surface area contributed by atoms with Crippen molar-refractivity contribution in [3.8, 4) is 0 Å². The van der Waals surface area contributed by atoms with Gasteiger partial charge in [0.15, 0.2) is 0 Å². The van der Waals surface area contributed by atoms with E-state index < -0.39 is 12.0 Å². The van der Waals surface area contributed by atoms with Gasteiger partial charge in [-0.1, -0.05) is 32.1 Å². The third kappa shape index (κ3) is 4.70. The first kappa shape index (κ1) is 16.3. The van der Waals surface area contributed by atoms with Crippen LogP contribution in [0.3, 0.4) is 0 Å². The minimum Gasteiger partial charge on any atom is -0.480 e. The maximum Gasteiger partial charge on any atom is 0.320 e. The number of nitrogens with zero attached hydrogens (tertiary/aromatic N) is 2. The predicted octanol–water partition coefficient (Wildman–Crippen LogP) is 1.96. The van der Waals surface area contributed by atoms with Gasteiger partial charge >= 0.3 is 5.97 Å². The third-order valence-corrected chi connectivity index (χ3v) is 5.06. The first-order valence-electron chi connectivity index (χ1n) is 8.32. The van der Waals surface area contributed by atoms with Crippen molar-refractivity contribution in [2.75, 3.05) is 26.2 Å². The van der Waals surface area contributed by atoms with Gasteiger partial charge in [0.2, 0.25) is 5.91 Å². The van der Waals surface area contributed by atoms with Crippen molar-refractivity contribution in [2.45, 2.75) is 57.9 Å². The van der Waals surface area contributed by atoms with Crippen LogP contribution in [-0.4, -0.2) is 59.0 Å². The molecule has 1 unspecified atom stereocenters. The lowest BCUT2D eigenvalue weighted by Crippen LogP contribution is -2.53. The highest BCUT2D eigenvalue weighted by atomic mass is 16.4. The van der Waals surface area contributed by atoms with Gasteiger partial charge in [-0.15, -0.1) is 0 Å². The summed E-state index contributed by atoms with van der Waals surface area (Å²) in [6, 6.07) is -0.454. The predicted molar refractivity (Wildman–Crippen MR) is 81.1 cm³/mol. The van der Waals surface area contributed by atoms with Crippen LogP contribution >= 0.6 is 0 Å². The molecule has 2 fully saturated rings. The van der Waals surface area contributed by atoms with E-state index in [4.69, 9.17) is 5.11 Å². The molecule has 5 heteroatoms. The van der Waals surface area contributed by atoms with Gasteiger partial charge in [-0.2, -0.15) is 0 Å². The number of rotatable bonds is 5. The molecule has 1 N–H and O–H groups in total. The summed E-state index contributed by atoms with van der Waals surface area (Å²) in [5.74, 6) is 0.214. The summed E-state index contributed by atoms with van der Waals surface area (Å²) in [6.07, 6.45) is 8.28. The van der Waals surface area contributed by atoms with Crippen molar-refractivity contribution < 1.29 is 14.7 Å². The number of piperazine rings is 1. The van der Waals surface area contributed by atoms with Crippen molar-refractivity contribution in [1.29, 1.82) is 0 Å². The molecule has 0 aromatic carbocycles. The molecular weight excluding hydrogens is 268 g/mol. The van der Waals surface area contributed by atoms with Gasteiger partial charge in [0.05, 0.1) is 0 Å². The molecule has 1 saturated heterocycles. The van der Waals surface area contributed by atoms with E-state index in [1.165, 1.54) is 32.1 Å². The summed E-state index contributed by atoms with van der Waals surface area (Å²) in [4.78, 5) is 27.1. The number of aliphatic carboxylic acids is 1. The molecule has 5 nitrogen and oxygen atoms in total. The Morgan fingerprint density at radius 2 is 1.71 bits per heavy atom. The van der Waals surface area contributed by atoms with E-state index >= 15 is 0 Å². The largest absolute Gasteiger partial charge is 0.480 e. The lowest BCUT2D eigenvalue weighted by molar-refractivity contribution is -0.144. The Kier molecular flexibility index (Phi) is 6.03. The summed E-state index contributed by atoms with van der Waals surface area (Å²) < 4.78 is 0. The van der Waals surface area contributed by atoms with Gasteiger partial charge in [-0.3, -0.25) is 14.5 Å². The summed E-state index contributed by atoms with van der Waals surface area (Å²) in [6.45, 7) is 4.39. The van der Waals surface area contributed by atoms with E-state index in [0.29, 0.717) is 32.6 Å². The number of carboxylic acids is 1. The topological polar surface area (TPSA) is 60.9 Å². The Morgan fingerprint density at radius 1 is 1.10 bits per heavy atom. The van der Waals surface area contributed by atoms with Crippen LogP contribution in [0.25, 0.3) is 0 Å². The van der Waals surface area contributed by atoms with Crippen LogP contribution in [0.15, 0.2) is 0 Å².